The Balaban J connectivity index is 2.16. The van der Waals surface area contributed by atoms with Crippen LogP contribution in [0.5, 0.6) is 0 Å². The van der Waals surface area contributed by atoms with Gasteiger partial charge in [0.25, 0.3) is 0 Å². The fraction of sp³-hybridized carbons (Fsp3) is 0.318. The van der Waals surface area contributed by atoms with Crippen LogP contribution >= 0.6 is 8.03 Å². The molecule has 0 radical (unpaired) electrons. The van der Waals surface area contributed by atoms with Crippen LogP contribution in [0.25, 0.3) is 11.1 Å². The molecule has 0 spiro atoms. The molecule has 0 saturated heterocycles. The molecule has 2 aromatic rings. The largest absolute Gasteiger partial charge is 0.481 e. The Labute approximate surface area is 170 Å². The number of benzene rings is 2. The van der Waals surface area contributed by atoms with Crippen molar-refractivity contribution in [1.82, 2.24) is 0 Å². The first-order valence-corrected chi connectivity index (χ1v) is 10.6. The standard InChI is InChI=1S/C22H24FO5P/c1-14-9-15(2)19(20(10-14)17-6-7-21(23)16(3)11-17)5-4-8-28-29(27)13-18(24)12-22(25)26/h6-7,9-11,18,24,29H,8,12-13H2,1-3H3,(H,25,26)/t18-/m0/s1. The molecule has 0 bridgehead atoms. The van der Waals surface area contributed by atoms with Gasteiger partial charge < -0.3 is 14.7 Å². The number of hydrogen-bond acceptors (Lipinski definition) is 4. The second kappa shape index (κ2) is 10.4. The number of carboxylic acids is 1. The summed E-state index contributed by atoms with van der Waals surface area (Å²) in [5, 5.41) is 18.1. The quantitative estimate of drug-likeness (QED) is 0.523. The van der Waals surface area contributed by atoms with Crippen LogP contribution in [0.4, 0.5) is 4.39 Å². The number of aliphatic carboxylic acids is 1. The van der Waals surface area contributed by atoms with Gasteiger partial charge in [-0.25, -0.2) is 4.39 Å². The van der Waals surface area contributed by atoms with Gasteiger partial charge in [0.15, 0.2) is 8.03 Å². The van der Waals surface area contributed by atoms with Crippen LogP contribution in [0.2, 0.25) is 0 Å². The highest BCUT2D eigenvalue weighted by atomic mass is 31.1. The van der Waals surface area contributed by atoms with E-state index in [1.54, 1.807) is 19.1 Å². The Kier molecular flexibility index (Phi) is 8.16. The van der Waals surface area contributed by atoms with E-state index in [0.717, 1.165) is 27.8 Å². The maximum atomic E-state index is 13.6. The molecule has 2 aromatic carbocycles. The van der Waals surface area contributed by atoms with E-state index in [4.69, 9.17) is 9.63 Å². The van der Waals surface area contributed by atoms with Gasteiger partial charge in [-0.3, -0.25) is 9.36 Å². The van der Waals surface area contributed by atoms with E-state index in [0.29, 0.717) is 5.56 Å². The average Bonchev–Trinajstić information content (AvgIpc) is 2.61. The van der Waals surface area contributed by atoms with Crippen molar-refractivity contribution in [2.75, 3.05) is 12.8 Å². The molecule has 0 saturated carbocycles. The molecule has 0 amide bonds. The SMILES string of the molecule is Cc1cc(C)c(C#CCO[PH](=O)C[C@@H](O)CC(=O)O)c(-c2ccc(F)c(C)c2)c1. The molecule has 0 heterocycles. The maximum Gasteiger partial charge on any atom is 0.305 e. The summed E-state index contributed by atoms with van der Waals surface area (Å²) in [6.07, 6.45) is -1.91. The number of rotatable bonds is 7. The number of aryl methyl sites for hydroxylation is 3. The fourth-order valence-corrected chi connectivity index (χ4v) is 3.82. The minimum absolute atomic E-state index is 0.104. The number of hydrogen-bond donors (Lipinski definition) is 2. The molecule has 0 aliphatic rings. The number of aliphatic hydroxyl groups excluding tert-OH is 1. The molecular formula is C22H24FO5P. The highest BCUT2D eigenvalue weighted by molar-refractivity contribution is 7.39. The van der Waals surface area contributed by atoms with Crippen LogP contribution in [0.1, 0.15) is 28.7 Å². The Morgan fingerprint density at radius 3 is 2.59 bits per heavy atom. The average molecular weight is 418 g/mol. The summed E-state index contributed by atoms with van der Waals surface area (Å²) >= 11 is 0. The summed E-state index contributed by atoms with van der Waals surface area (Å²) in [6.45, 7) is 5.51. The van der Waals surface area contributed by atoms with Gasteiger partial charge in [-0.15, -0.1) is 0 Å². The van der Waals surface area contributed by atoms with Gasteiger partial charge in [-0.1, -0.05) is 35.6 Å². The molecule has 154 valence electrons. The Hall–Kier alpha value is -2.45. The van der Waals surface area contributed by atoms with Crippen molar-refractivity contribution in [1.29, 1.82) is 0 Å². The summed E-state index contributed by atoms with van der Waals surface area (Å²) in [5.41, 5.74) is 5.06. The van der Waals surface area contributed by atoms with E-state index in [1.165, 1.54) is 6.07 Å². The van der Waals surface area contributed by atoms with E-state index in [2.05, 4.69) is 11.8 Å². The topological polar surface area (TPSA) is 83.8 Å². The van der Waals surface area contributed by atoms with Gasteiger partial charge in [0.1, 0.15) is 12.4 Å². The molecule has 2 N–H and O–H groups in total. The molecule has 0 fully saturated rings. The Morgan fingerprint density at radius 2 is 1.93 bits per heavy atom. The lowest BCUT2D eigenvalue weighted by Gasteiger charge is -2.11. The predicted molar refractivity (Wildman–Crippen MR) is 111 cm³/mol. The number of carbonyl (C=O) groups is 1. The highest BCUT2D eigenvalue weighted by Gasteiger charge is 2.13. The lowest BCUT2D eigenvalue weighted by Crippen LogP contribution is -2.15. The second-order valence-electron chi connectivity index (χ2n) is 6.89. The zero-order valence-electron chi connectivity index (χ0n) is 16.6. The van der Waals surface area contributed by atoms with Crippen molar-refractivity contribution >= 4 is 14.0 Å². The van der Waals surface area contributed by atoms with Crippen LogP contribution in [0.15, 0.2) is 30.3 Å². The molecule has 7 heteroatoms. The monoisotopic (exact) mass is 418 g/mol. The summed E-state index contributed by atoms with van der Waals surface area (Å²) in [7, 11) is -2.58. The van der Waals surface area contributed by atoms with Crippen molar-refractivity contribution in [3.63, 3.8) is 0 Å². The summed E-state index contributed by atoms with van der Waals surface area (Å²) in [4.78, 5) is 10.5. The van der Waals surface area contributed by atoms with Crippen molar-refractivity contribution in [3.05, 3.63) is 58.4 Å². The fourth-order valence-electron chi connectivity index (χ4n) is 2.94. The van der Waals surface area contributed by atoms with Crippen LogP contribution in [0.3, 0.4) is 0 Å². The molecule has 5 nitrogen and oxygen atoms in total. The van der Waals surface area contributed by atoms with Crippen molar-refractivity contribution in [3.8, 4) is 23.0 Å². The molecule has 0 aliphatic heterocycles. The smallest absolute Gasteiger partial charge is 0.305 e. The van der Waals surface area contributed by atoms with E-state index in [9.17, 15) is 18.9 Å². The molecule has 0 aliphatic carbocycles. The van der Waals surface area contributed by atoms with Crippen molar-refractivity contribution in [2.45, 2.75) is 33.3 Å². The minimum atomic E-state index is -2.58. The van der Waals surface area contributed by atoms with E-state index in [1.807, 2.05) is 26.0 Å². The summed E-state index contributed by atoms with van der Waals surface area (Å²) in [6, 6.07) is 8.89. The Bertz CT molecular complexity index is 991. The normalized spacial score (nSPS) is 12.7. The number of aliphatic hydroxyl groups is 1. The lowest BCUT2D eigenvalue weighted by molar-refractivity contribution is -0.138. The first kappa shape index (κ1) is 22.8. The number of carboxylic acid groups (broad SMARTS) is 1. The second-order valence-corrected chi connectivity index (χ2v) is 8.33. The Morgan fingerprint density at radius 1 is 1.21 bits per heavy atom. The van der Waals surface area contributed by atoms with Crippen molar-refractivity contribution in [2.24, 2.45) is 0 Å². The molecular weight excluding hydrogens is 394 g/mol. The zero-order chi connectivity index (χ0) is 21.6. The van der Waals surface area contributed by atoms with E-state index >= 15 is 0 Å². The molecule has 2 rings (SSSR count). The summed E-state index contributed by atoms with van der Waals surface area (Å²) < 4.78 is 30.6. The van der Waals surface area contributed by atoms with Crippen LogP contribution in [0, 0.1) is 38.4 Å². The third-order valence-electron chi connectivity index (χ3n) is 4.28. The molecule has 1 unspecified atom stereocenters. The third kappa shape index (κ3) is 6.83. The van der Waals surface area contributed by atoms with Crippen LogP contribution in [-0.4, -0.2) is 35.1 Å². The van der Waals surface area contributed by atoms with E-state index < -0.39 is 26.5 Å². The maximum absolute atomic E-state index is 13.6. The van der Waals surface area contributed by atoms with Gasteiger partial charge in [-0.2, -0.15) is 0 Å². The lowest BCUT2D eigenvalue weighted by atomic mass is 9.93. The van der Waals surface area contributed by atoms with Gasteiger partial charge in [0.05, 0.1) is 12.5 Å². The van der Waals surface area contributed by atoms with Crippen molar-refractivity contribution < 1.29 is 28.5 Å². The first-order valence-electron chi connectivity index (χ1n) is 9.09. The zero-order valence-corrected chi connectivity index (χ0v) is 17.6. The molecule has 0 aromatic heterocycles. The van der Waals surface area contributed by atoms with Gasteiger partial charge in [0.2, 0.25) is 0 Å². The minimum Gasteiger partial charge on any atom is -0.481 e. The predicted octanol–water partition coefficient (Wildman–Crippen LogP) is 4.10. The number of halogens is 1. The third-order valence-corrected chi connectivity index (χ3v) is 5.55. The summed E-state index contributed by atoms with van der Waals surface area (Å²) in [5.74, 6) is 4.43. The molecule has 29 heavy (non-hydrogen) atoms. The van der Waals surface area contributed by atoms with Crippen LogP contribution in [-0.2, 0) is 13.9 Å². The van der Waals surface area contributed by atoms with Crippen LogP contribution < -0.4 is 0 Å². The van der Waals surface area contributed by atoms with Gasteiger partial charge >= 0.3 is 5.97 Å². The van der Waals surface area contributed by atoms with Gasteiger partial charge in [-0.05, 0) is 55.2 Å². The van der Waals surface area contributed by atoms with E-state index in [-0.39, 0.29) is 18.6 Å². The highest BCUT2D eigenvalue weighted by Crippen LogP contribution is 2.29. The molecule has 2 atom stereocenters. The first-order chi connectivity index (χ1) is 13.7. The van der Waals surface area contributed by atoms with Gasteiger partial charge in [0, 0.05) is 11.7 Å².